The van der Waals surface area contributed by atoms with Crippen molar-refractivity contribution >= 4 is 12.3 Å². The van der Waals surface area contributed by atoms with Gasteiger partial charge in [0.2, 0.25) is 12.3 Å². The third kappa shape index (κ3) is 14.8. The Morgan fingerprint density at radius 2 is 2.00 bits per heavy atom. The molecule has 6 heteroatoms. The fraction of sp³-hybridized carbons (Fsp3) is 0.350. The summed E-state index contributed by atoms with van der Waals surface area (Å²) in [6.07, 6.45) is 12.0. The standard InChI is InChI=1S/C16H21N3O.C2H5NO.C2H6/c1-3-14(11-16(20)19-17)8-6-13(2)7-9-15-5-4-10-18-12-15;1-3-2-4;1-2/h3-6,8,10,12H,2,7,9,11,17H2,1H3,(H,19,20);2H,1H3,(H,3,4);1-2H3/b8-6-,14-3+;;. The Morgan fingerprint density at radius 3 is 2.46 bits per heavy atom. The number of hydrogen-bond acceptors (Lipinski definition) is 4. The Morgan fingerprint density at radius 1 is 1.35 bits per heavy atom. The zero-order chi connectivity index (χ0) is 20.2. The summed E-state index contributed by atoms with van der Waals surface area (Å²) < 4.78 is 0. The number of pyridine rings is 1. The molecule has 4 N–H and O–H groups in total. The monoisotopic (exact) mass is 360 g/mol. The van der Waals surface area contributed by atoms with Gasteiger partial charge in [-0.1, -0.05) is 50.3 Å². The first kappa shape index (κ1) is 25.5. The Kier molecular flexibility index (Phi) is 18.3. The van der Waals surface area contributed by atoms with E-state index < -0.39 is 0 Å². The average Bonchev–Trinajstić information content (AvgIpc) is 2.71. The van der Waals surface area contributed by atoms with Gasteiger partial charge in [-0.3, -0.25) is 20.0 Å². The highest BCUT2D eigenvalue weighted by Crippen LogP contribution is 2.10. The quantitative estimate of drug-likeness (QED) is 0.218. The van der Waals surface area contributed by atoms with E-state index in [1.54, 1.807) is 13.2 Å². The number of nitrogens with zero attached hydrogens (tertiary/aromatic N) is 1. The summed E-state index contributed by atoms with van der Waals surface area (Å²) in [7, 11) is 1.56. The third-order valence-electron chi connectivity index (χ3n) is 3.01. The van der Waals surface area contributed by atoms with Crippen molar-refractivity contribution in [2.45, 2.75) is 40.0 Å². The van der Waals surface area contributed by atoms with E-state index in [1.807, 2.05) is 57.3 Å². The molecular weight excluding hydrogens is 328 g/mol. The maximum absolute atomic E-state index is 11.2. The minimum Gasteiger partial charge on any atom is -0.362 e. The summed E-state index contributed by atoms with van der Waals surface area (Å²) in [4.78, 5) is 24.3. The maximum atomic E-state index is 11.2. The summed E-state index contributed by atoms with van der Waals surface area (Å²) in [5.41, 5.74) is 5.24. The summed E-state index contributed by atoms with van der Waals surface area (Å²) in [5, 5.41) is 2.25. The number of hydrazine groups is 1. The fourth-order valence-corrected chi connectivity index (χ4v) is 1.65. The van der Waals surface area contributed by atoms with Gasteiger partial charge >= 0.3 is 0 Å². The number of nitrogens with two attached hydrogens (primary N) is 1. The molecule has 0 aliphatic carbocycles. The molecule has 0 bridgehead atoms. The molecule has 0 spiro atoms. The Bertz CT molecular complexity index is 566. The third-order valence-corrected chi connectivity index (χ3v) is 3.01. The zero-order valence-corrected chi connectivity index (χ0v) is 16.3. The van der Waals surface area contributed by atoms with Crippen LogP contribution in [0.2, 0.25) is 0 Å². The van der Waals surface area contributed by atoms with Crippen molar-refractivity contribution in [1.29, 1.82) is 0 Å². The van der Waals surface area contributed by atoms with Crippen LogP contribution in [0.4, 0.5) is 0 Å². The highest BCUT2D eigenvalue weighted by atomic mass is 16.2. The van der Waals surface area contributed by atoms with E-state index in [1.165, 1.54) is 5.56 Å². The minimum atomic E-state index is -0.205. The first-order chi connectivity index (χ1) is 12.6. The Labute approximate surface area is 157 Å². The van der Waals surface area contributed by atoms with E-state index >= 15 is 0 Å². The van der Waals surface area contributed by atoms with Crippen LogP contribution < -0.4 is 16.6 Å². The number of carbonyl (C=O) groups is 2. The maximum Gasteiger partial charge on any atom is 0.238 e. The lowest BCUT2D eigenvalue weighted by Gasteiger charge is -2.03. The van der Waals surface area contributed by atoms with Crippen LogP contribution in [0.15, 0.2) is 60.5 Å². The van der Waals surface area contributed by atoms with Crippen LogP contribution in [0.5, 0.6) is 0 Å². The molecule has 0 aromatic carbocycles. The normalized spacial score (nSPS) is 9.96. The second kappa shape index (κ2) is 18.6. The van der Waals surface area contributed by atoms with Crippen molar-refractivity contribution in [1.82, 2.24) is 15.7 Å². The molecule has 1 aromatic heterocycles. The fourth-order valence-electron chi connectivity index (χ4n) is 1.65. The molecule has 0 atom stereocenters. The second-order valence-corrected chi connectivity index (χ2v) is 4.87. The molecule has 0 unspecified atom stereocenters. The molecule has 0 saturated heterocycles. The molecule has 0 aliphatic heterocycles. The number of allylic oxidation sites excluding steroid dienone is 4. The lowest BCUT2D eigenvalue weighted by Crippen LogP contribution is -2.29. The predicted molar refractivity (Wildman–Crippen MR) is 108 cm³/mol. The van der Waals surface area contributed by atoms with Gasteiger partial charge in [-0.2, -0.15) is 0 Å². The molecule has 1 aromatic rings. The van der Waals surface area contributed by atoms with Gasteiger partial charge < -0.3 is 5.32 Å². The minimum absolute atomic E-state index is 0.205. The summed E-state index contributed by atoms with van der Waals surface area (Å²) in [5.74, 6) is 4.86. The molecule has 0 fully saturated rings. The van der Waals surface area contributed by atoms with E-state index in [0.29, 0.717) is 6.41 Å². The van der Waals surface area contributed by atoms with E-state index in [4.69, 9.17) is 10.6 Å². The number of rotatable bonds is 8. The van der Waals surface area contributed by atoms with Crippen molar-refractivity contribution in [3.05, 3.63) is 66.0 Å². The molecule has 1 heterocycles. The number of amides is 2. The number of carbonyl (C=O) groups excluding carboxylic acids is 2. The highest BCUT2D eigenvalue weighted by Gasteiger charge is 2.00. The van der Waals surface area contributed by atoms with Gasteiger partial charge in [0.05, 0.1) is 6.42 Å². The van der Waals surface area contributed by atoms with Gasteiger partial charge in [0.15, 0.2) is 0 Å². The summed E-state index contributed by atoms with van der Waals surface area (Å²) in [6.45, 7) is 9.91. The summed E-state index contributed by atoms with van der Waals surface area (Å²) in [6, 6.07) is 3.98. The highest BCUT2D eigenvalue weighted by molar-refractivity contribution is 5.78. The van der Waals surface area contributed by atoms with Crippen LogP contribution in [0.25, 0.3) is 0 Å². The zero-order valence-electron chi connectivity index (χ0n) is 16.3. The van der Waals surface area contributed by atoms with Crippen molar-refractivity contribution in [3.63, 3.8) is 0 Å². The smallest absolute Gasteiger partial charge is 0.238 e. The topological polar surface area (TPSA) is 97.1 Å². The largest absolute Gasteiger partial charge is 0.362 e. The first-order valence-electron chi connectivity index (χ1n) is 8.57. The molecule has 0 saturated carbocycles. The number of nitrogens with one attached hydrogen (secondary N) is 2. The molecular formula is C20H32N4O2. The van der Waals surface area contributed by atoms with Crippen molar-refractivity contribution in [3.8, 4) is 0 Å². The lowest BCUT2D eigenvalue weighted by atomic mass is 10.1. The van der Waals surface area contributed by atoms with Crippen molar-refractivity contribution < 1.29 is 9.59 Å². The van der Waals surface area contributed by atoms with Gasteiger partial charge in [-0.15, -0.1) is 0 Å². The second-order valence-electron chi connectivity index (χ2n) is 4.87. The van der Waals surface area contributed by atoms with Crippen LogP contribution in [0, 0.1) is 0 Å². The molecule has 0 radical (unpaired) electrons. The first-order valence-corrected chi connectivity index (χ1v) is 8.57. The van der Waals surface area contributed by atoms with Gasteiger partial charge in [0.25, 0.3) is 0 Å². The van der Waals surface area contributed by atoms with Gasteiger partial charge in [0.1, 0.15) is 0 Å². The number of hydrogen-bond donors (Lipinski definition) is 3. The van der Waals surface area contributed by atoms with Gasteiger partial charge in [-0.05, 0) is 37.0 Å². The number of aryl methyl sites for hydroxylation is 1. The number of aromatic nitrogens is 1. The van der Waals surface area contributed by atoms with Gasteiger partial charge in [-0.25, -0.2) is 5.84 Å². The molecule has 0 aliphatic rings. The molecule has 1 rings (SSSR count). The van der Waals surface area contributed by atoms with E-state index in [0.717, 1.165) is 24.0 Å². The van der Waals surface area contributed by atoms with E-state index in [2.05, 4.69) is 22.3 Å². The van der Waals surface area contributed by atoms with Crippen LogP contribution in [-0.4, -0.2) is 24.3 Å². The molecule has 144 valence electrons. The van der Waals surface area contributed by atoms with Crippen LogP contribution in [0.1, 0.15) is 39.2 Å². The lowest BCUT2D eigenvalue weighted by molar-refractivity contribution is -0.120. The molecule has 2 amide bonds. The van der Waals surface area contributed by atoms with Gasteiger partial charge in [0, 0.05) is 19.4 Å². The Balaban J connectivity index is 0. The van der Waals surface area contributed by atoms with Crippen molar-refractivity contribution in [2.75, 3.05) is 7.05 Å². The van der Waals surface area contributed by atoms with E-state index in [-0.39, 0.29) is 12.3 Å². The van der Waals surface area contributed by atoms with Crippen LogP contribution in [-0.2, 0) is 16.0 Å². The van der Waals surface area contributed by atoms with Crippen LogP contribution >= 0.6 is 0 Å². The molecule has 6 nitrogen and oxygen atoms in total. The average molecular weight is 361 g/mol. The SMILES string of the molecule is C=C(/C=C\C(=C/C)CC(=O)NN)CCc1cccnc1.CC.CNC=O. The molecule has 26 heavy (non-hydrogen) atoms. The Hall–Kier alpha value is -2.73. The van der Waals surface area contributed by atoms with E-state index in [9.17, 15) is 4.79 Å². The van der Waals surface area contributed by atoms with Crippen LogP contribution in [0.3, 0.4) is 0 Å². The summed E-state index contributed by atoms with van der Waals surface area (Å²) >= 11 is 0. The van der Waals surface area contributed by atoms with Crippen molar-refractivity contribution in [2.24, 2.45) is 5.84 Å². The predicted octanol–water partition coefficient (Wildman–Crippen LogP) is 2.84.